The van der Waals surface area contributed by atoms with Crippen molar-refractivity contribution in [1.82, 2.24) is 15.2 Å². The summed E-state index contributed by atoms with van der Waals surface area (Å²) >= 11 is 0. The van der Waals surface area contributed by atoms with Gasteiger partial charge in [0.2, 0.25) is 5.95 Å². The quantitative estimate of drug-likeness (QED) is 0.701. The molecular weight excluding hydrogens is 385 g/mol. The van der Waals surface area contributed by atoms with E-state index in [4.69, 9.17) is 0 Å². The van der Waals surface area contributed by atoms with E-state index in [0.29, 0.717) is 23.9 Å². The van der Waals surface area contributed by atoms with E-state index in [2.05, 4.69) is 20.5 Å². The molecule has 0 saturated heterocycles. The third-order valence-corrected chi connectivity index (χ3v) is 5.74. The van der Waals surface area contributed by atoms with Gasteiger partial charge in [0.05, 0.1) is 22.9 Å². The highest BCUT2D eigenvalue weighted by Crippen LogP contribution is 2.45. The Morgan fingerprint density at radius 3 is 2.52 bits per heavy atom. The molecule has 0 unspecified atom stereocenters. The predicted octanol–water partition coefficient (Wildman–Crippen LogP) is 4.25. The summed E-state index contributed by atoms with van der Waals surface area (Å²) in [4.78, 5) is 4.55. The van der Waals surface area contributed by atoms with Crippen LogP contribution in [0.3, 0.4) is 0 Å². The molecule has 0 amide bonds. The van der Waals surface area contributed by atoms with E-state index in [9.17, 15) is 23.4 Å². The Labute approximate surface area is 166 Å². The maximum absolute atomic E-state index is 12.9. The molecule has 6 nitrogen and oxygen atoms in total. The molecule has 156 valence electrons. The number of benzene rings is 1. The molecule has 3 N–H and O–H groups in total. The molecule has 1 aromatic heterocycles. The number of aromatic hydroxyl groups is 1. The lowest BCUT2D eigenvalue weighted by Gasteiger charge is -2.37. The number of nitrogens with zero attached hydrogens (tertiary/aromatic N) is 3. The summed E-state index contributed by atoms with van der Waals surface area (Å²) in [6, 6.07) is 2.61. The number of halogens is 3. The second-order valence-electron chi connectivity index (χ2n) is 8.17. The number of phenolic OH excluding ortho intramolecular Hbond substituents is 1. The molecule has 2 saturated carbocycles. The van der Waals surface area contributed by atoms with Gasteiger partial charge in [0.1, 0.15) is 11.4 Å². The van der Waals surface area contributed by atoms with Crippen molar-refractivity contribution in [3.05, 3.63) is 29.5 Å². The maximum Gasteiger partial charge on any atom is 0.416 e. The first kappa shape index (κ1) is 19.9. The van der Waals surface area contributed by atoms with Gasteiger partial charge in [0.15, 0.2) is 0 Å². The van der Waals surface area contributed by atoms with Crippen LogP contribution in [0, 0.1) is 0 Å². The summed E-state index contributed by atoms with van der Waals surface area (Å²) in [5.41, 5.74) is -0.722. The monoisotopic (exact) mass is 408 g/mol. The zero-order chi connectivity index (χ0) is 20.8. The van der Waals surface area contributed by atoms with E-state index in [-0.39, 0.29) is 23.5 Å². The lowest BCUT2D eigenvalue weighted by Crippen LogP contribution is -2.47. The summed E-state index contributed by atoms with van der Waals surface area (Å²) in [5, 5.41) is 32.2. The molecule has 2 atom stereocenters. The molecule has 1 heterocycles. The molecule has 0 aliphatic heterocycles. The zero-order valence-electron chi connectivity index (χ0n) is 16.0. The van der Waals surface area contributed by atoms with E-state index >= 15 is 0 Å². The third kappa shape index (κ3) is 4.14. The lowest BCUT2D eigenvalue weighted by atomic mass is 9.82. The van der Waals surface area contributed by atoms with Gasteiger partial charge in [-0.3, -0.25) is 0 Å². The fraction of sp³-hybridized carbons (Fsp3) is 0.550. The van der Waals surface area contributed by atoms with Crippen molar-refractivity contribution in [3.8, 4) is 17.0 Å². The van der Waals surface area contributed by atoms with Crippen LogP contribution >= 0.6 is 0 Å². The molecule has 4 rings (SSSR count). The van der Waals surface area contributed by atoms with Crippen LogP contribution < -0.4 is 5.32 Å². The number of anilines is 1. The standard InChI is InChI=1S/C20H23F3N4O2/c1-19(29)9-3-2-4-15(19)24-18-25-16(11-5-6-11)17(26-27-18)13-8-7-12(10-14(13)28)20(21,22)23/h7-8,10-11,15,28-29H,2-6,9H2,1H3,(H,24,25,27)/t15-,19-/m1/s1. The van der Waals surface area contributed by atoms with Gasteiger partial charge in [0, 0.05) is 11.5 Å². The average molecular weight is 408 g/mol. The third-order valence-electron chi connectivity index (χ3n) is 5.74. The zero-order valence-corrected chi connectivity index (χ0v) is 16.0. The van der Waals surface area contributed by atoms with E-state index in [1.54, 1.807) is 6.92 Å². The smallest absolute Gasteiger partial charge is 0.416 e. The summed E-state index contributed by atoms with van der Waals surface area (Å²) in [6.07, 6.45) is 0.685. The first-order valence-electron chi connectivity index (χ1n) is 9.79. The van der Waals surface area contributed by atoms with E-state index in [1.165, 1.54) is 6.07 Å². The number of nitrogens with one attached hydrogen (secondary N) is 1. The molecular formula is C20H23F3N4O2. The Balaban J connectivity index is 1.66. The van der Waals surface area contributed by atoms with Gasteiger partial charge >= 0.3 is 6.18 Å². The number of aliphatic hydroxyl groups is 1. The topological polar surface area (TPSA) is 91.2 Å². The molecule has 2 aliphatic rings. The molecule has 29 heavy (non-hydrogen) atoms. The molecule has 2 aromatic rings. The van der Waals surface area contributed by atoms with Crippen LogP contribution in [-0.4, -0.2) is 37.0 Å². The van der Waals surface area contributed by atoms with Crippen molar-refractivity contribution in [2.24, 2.45) is 0 Å². The summed E-state index contributed by atoms with van der Waals surface area (Å²) in [5.74, 6) is -0.0856. The van der Waals surface area contributed by atoms with Gasteiger partial charge in [-0.2, -0.15) is 13.2 Å². The minimum absolute atomic E-state index is 0.134. The molecule has 0 spiro atoms. The Kier molecular flexibility index (Phi) is 4.88. The highest BCUT2D eigenvalue weighted by atomic mass is 19.4. The van der Waals surface area contributed by atoms with Gasteiger partial charge in [-0.25, -0.2) is 4.98 Å². The van der Waals surface area contributed by atoms with Gasteiger partial charge in [0.25, 0.3) is 0 Å². The van der Waals surface area contributed by atoms with E-state index in [0.717, 1.165) is 38.2 Å². The van der Waals surface area contributed by atoms with Crippen LogP contribution in [0.4, 0.5) is 19.1 Å². The SMILES string of the molecule is C[C@@]1(O)CCCC[C@H]1Nc1nnc(-c2ccc(C(F)(F)F)cc2O)c(C2CC2)n1. The van der Waals surface area contributed by atoms with Crippen molar-refractivity contribution < 1.29 is 23.4 Å². The normalized spacial score (nSPS) is 25.1. The Bertz CT molecular complexity index is 913. The van der Waals surface area contributed by atoms with Crippen molar-refractivity contribution >= 4 is 5.95 Å². The van der Waals surface area contributed by atoms with Crippen LogP contribution in [0.25, 0.3) is 11.3 Å². The largest absolute Gasteiger partial charge is 0.507 e. The van der Waals surface area contributed by atoms with Crippen LogP contribution in [0.1, 0.15) is 62.6 Å². The number of rotatable bonds is 4. The average Bonchev–Trinajstić information content (AvgIpc) is 3.48. The number of phenols is 1. The highest BCUT2D eigenvalue weighted by molar-refractivity contribution is 5.70. The first-order chi connectivity index (χ1) is 13.6. The number of hydrogen-bond donors (Lipinski definition) is 3. The first-order valence-corrected chi connectivity index (χ1v) is 9.79. The van der Waals surface area contributed by atoms with Crippen molar-refractivity contribution in [3.63, 3.8) is 0 Å². The predicted molar refractivity (Wildman–Crippen MR) is 100 cm³/mol. The number of hydrogen-bond acceptors (Lipinski definition) is 6. The molecule has 0 radical (unpaired) electrons. The van der Waals surface area contributed by atoms with Crippen molar-refractivity contribution in [2.75, 3.05) is 5.32 Å². The Morgan fingerprint density at radius 1 is 1.14 bits per heavy atom. The fourth-order valence-electron chi connectivity index (χ4n) is 3.84. The summed E-state index contributed by atoms with van der Waals surface area (Å²) in [6.45, 7) is 1.79. The van der Waals surface area contributed by atoms with Gasteiger partial charge in [-0.15, -0.1) is 10.2 Å². The number of alkyl halides is 3. The van der Waals surface area contributed by atoms with Gasteiger partial charge in [-0.1, -0.05) is 12.8 Å². The molecule has 2 fully saturated rings. The second kappa shape index (κ2) is 7.12. The Morgan fingerprint density at radius 2 is 1.90 bits per heavy atom. The Hall–Kier alpha value is -2.42. The van der Waals surface area contributed by atoms with Gasteiger partial charge < -0.3 is 15.5 Å². The van der Waals surface area contributed by atoms with Crippen LogP contribution in [0.15, 0.2) is 18.2 Å². The second-order valence-corrected chi connectivity index (χ2v) is 8.17. The minimum atomic E-state index is -4.54. The fourth-order valence-corrected chi connectivity index (χ4v) is 3.84. The van der Waals surface area contributed by atoms with E-state index < -0.39 is 23.1 Å². The molecule has 1 aromatic carbocycles. The van der Waals surface area contributed by atoms with Crippen molar-refractivity contribution in [1.29, 1.82) is 0 Å². The highest BCUT2D eigenvalue weighted by Gasteiger charge is 2.36. The van der Waals surface area contributed by atoms with Crippen LogP contribution in [0.2, 0.25) is 0 Å². The van der Waals surface area contributed by atoms with Crippen molar-refractivity contribution in [2.45, 2.75) is 69.2 Å². The summed E-state index contributed by atoms with van der Waals surface area (Å²) in [7, 11) is 0. The summed E-state index contributed by atoms with van der Waals surface area (Å²) < 4.78 is 38.6. The molecule has 9 heteroatoms. The van der Waals surface area contributed by atoms with E-state index in [1.807, 2.05) is 0 Å². The number of aromatic nitrogens is 3. The van der Waals surface area contributed by atoms with Crippen LogP contribution in [0.5, 0.6) is 5.75 Å². The minimum Gasteiger partial charge on any atom is -0.507 e. The lowest BCUT2D eigenvalue weighted by molar-refractivity contribution is -0.137. The maximum atomic E-state index is 12.9. The van der Waals surface area contributed by atoms with Gasteiger partial charge in [-0.05, 0) is 50.8 Å². The molecule has 0 bridgehead atoms. The van der Waals surface area contributed by atoms with Crippen LogP contribution in [-0.2, 0) is 6.18 Å². The molecule has 2 aliphatic carbocycles.